The van der Waals surface area contributed by atoms with E-state index >= 15 is 0 Å². The highest BCUT2D eigenvalue weighted by atomic mass is 16.3. The average molecular weight is 282 g/mol. The van der Waals surface area contributed by atoms with Gasteiger partial charge in [0.2, 0.25) is 0 Å². The monoisotopic (exact) mass is 282 g/mol. The number of nitrogens with zero attached hydrogens (tertiary/aromatic N) is 1. The van der Waals surface area contributed by atoms with Crippen LogP contribution in [0.2, 0.25) is 0 Å². The van der Waals surface area contributed by atoms with Gasteiger partial charge in [-0.25, -0.2) is 0 Å². The number of aliphatic hydroxyl groups excluding tert-OH is 1. The first kappa shape index (κ1) is 9.93. The van der Waals surface area contributed by atoms with E-state index in [-0.39, 0.29) is 6.61 Å². The number of hydrogen-bond acceptors (Lipinski definition) is 3. The molecule has 0 heterocycles. The fourth-order valence-corrected chi connectivity index (χ4v) is 2.97. The third-order valence-corrected chi connectivity index (χ3v) is 4.08. The molecule has 0 aliphatic heterocycles. The summed E-state index contributed by atoms with van der Waals surface area (Å²) in [6.45, 7) is -5.01. The van der Waals surface area contributed by atoms with Crippen molar-refractivity contribution >= 4 is 0 Å². The van der Waals surface area contributed by atoms with Gasteiger partial charge in [0.1, 0.15) is 0 Å². The molecule has 1 aliphatic carbocycles. The topological polar surface area (TPSA) is 43.7 Å². The SMILES string of the molecule is [2H]C([2H])([2H])N(C)C([2H])([2H])C(c1ccc(CO)cc1)C1(O)CCCCC1. The van der Waals surface area contributed by atoms with E-state index in [0.29, 0.717) is 24.0 Å². The van der Waals surface area contributed by atoms with E-state index in [0.717, 1.165) is 24.2 Å². The van der Waals surface area contributed by atoms with Gasteiger partial charge in [-0.3, -0.25) is 0 Å². The minimum atomic E-state index is -2.61. The third kappa shape index (κ3) is 3.60. The maximum absolute atomic E-state index is 11.3. The van der Waals surface area contributed by atoms with Gasteiger partial charge in [-0.15, -0.1) is 0 Å². The smallest absolute Gasteiger partial charge is 0.0728 e. The lowest BCUT2D eigenvalue weighted by molar-refractivity contribution is -0.0277. The quantitative estimate of drug-likeness (QED) is 0.872. The summed E-state index contributed by atoms with van der Waals surface area (Å²) in [7, 11) is 1.23. The molecule has 1 saturated carbocycles. The second kappa shape index (κ2) is 6.70. The Balaban J connectivity index is 2.51. The molecule has 0 saturated heterocycles. The van der Waals surface area contributed by atoms with Gasteiger partial charge in [-0.05, 0) is 38.0 Å². The molecule has 1 aliphatic rings. The van der Waals surface area contributed by atoms with E-state index in [1.807, 2.05) is 0 Å². The Morgan fingerprint density at radius 2 is 1.95 bits per heavy atom. The highest BCUT2D eigenvalue weighted by Crippen LogP contribution is 2.40. The molecule has 0 spiro atoms. The minimum Gasteiger partial charge on any atom is -0.392 e. The molecule has 0 radical (unpaired) electrons. The van der Waals surface area contributed by atoms with E-state index < -0.39 is 25.0 Å². The molecule has 0 bridgehead atoms. The molecule has 1 fully saturated rings. The summed E-state index contributed by atoms with van der Waals surface area (Å²) in [5, 5.41) is 20.5. The third-order valence-electron chi connectivity index (χ3n) is 4.08. The molecular formula is C17H27NO2. The Kier molecular flexibility index (Phi) is 3.33. The first-order valence-electron chi connectivity index (χ1n) is 9.68. The Labute approximate surface area is 129 Å². The molecule has 2 rings (SSSR count). The summed E-state index contributed by atoms with van der Waals surface area (Å²) in [4.78, 5) is 0.733. The summed E-state index contributed by atoms with van der Waals surface area (Å²) in [6, 6.07) is 6.71. The maximum atomic E-state index is 11.3. The molecule has 20 heavy (non-hydrogen) atoms. The molecule has 3 nitrogen and oxygen atoms in total. The second-order valence-corrected chi connectivity index (χ2v) is 5.69. The van der Waals surface area contributed by atoms with Crippen molar-refractivity contribution in [2.24, 2.45) is 0 Å². The van der Waals surface area contributed by atoms with E-state index in [1.54, 1.807) is 24.3 Å². The van der Waals surface area contributed by atoms with Crippen LogP contribution in [-0.2, 0) is 6.61 Å². The van der Waals surface area contributed by atoms with Crippen molar-refractivity contribution in [3.8, 4) is 0 Å². The fourth-order valence-electron chi connectivity index (χ4n) is 2.97. The van der Waals surface area contributed by atoms with Crippen molar-refractivity contribution in [3.63, 3.8) is 0 Å². The van der Waals surface area contributed by atoms with Crippen LogP contribution in [0.4, 0.5) is 0 Å². The minimum absolute atomic E-state index is 0.128. The maximum Gasteiger partial charge on any atom is 0.0728 e. The van der Waals surface area contributed by atoms with Crippen LogP contribution in [0.1, 0.15) is 56.0 Å². The lowest BCUT2D eigenvalue weighted by Crippen LogP contribution is -2.42. The molecule has 2 N–H and O–H groups in total. The highest BCUT2D eigenvalue weighted by molar-refractivity contribution is 5.28. The molecule has 0 aromatic heterocycles. The number of aliphatic hydroxyl groups is 2. The van der Waals surface area contributed by atoms with Crippen LogP contribution in [0.3, 0.4) is 0 Å². The van der Waals surface area contributed by atoms with Gasteiger partial charge in [0, 0.05) is 19.3 Å². The first-order valence-corrected chi connectivity index (χ1v) is 7.18. The van der Waals surface area contributed by atoms with Gasteiger partial charge in [0.15, 0.2) is 0 Å². The van der Waals surface area contributed by atoms with Crippen molar-refractivity contribution in [2.45, 2.75) is 50.2 Å². The normalized spacial score (nSPS) is 25.1. The molecular weight excluding hydrogens is 250 g/mol. The zero-order valence-corrected chi connectivity index (χ0v) is 12.0. The van der Waals surface area contributed by atoms with Crippen LogP contribution in [0.25, 0.3) is 0 Å². The van der Waals surface area contributed by atoms with Crippen molar-refractivity contribution in [3.05, 3.63) is 35.4 Å². The standard InChI is InChI=1S/C17H27NO2/c1-18(2)12-16(17(20)10-4-3-5-11-17)15-8-6-14(13-19)7-9-15/h6-9,16,19-20H,3-5,10-13H2,1-2H3/i1D3,12D2. The molecule has 1 aromatic rings. The van der Waals surface area contributed by atoms with Gasteiger partial charge in [0.25, 0.3) is 0 Å². The zero-order chi connectivity index (χ0) is 18.9. The number of likely N-dealkylation sites (N-methyl/N-ethyl adjacent to an activating group) is 1. The van der Waals surface area contributed by atoms with Crippen LogP contribution in [-0.4, -0.2) is 41.2 Å². The number of hydrogen-bond donors (Lipinski definition) is 2. The first-order chi connectivity index (χ1) is 11.5. The zero-order valence-electron chi connectivity index (χ0n) is 17.0. The number of benzene rings is 1. The van der Waals surface area contributed by atoms with Crippen LogP contribution in [0.5, 0.6) is 0 Å². The van der Waals surface area contributed by atoms with E-state index in [9.17, 15) is 10.2 Å². The van der Waals surface area contributed by atoms with E-state index in [2.05, 4.69) is 0 Å². The van der Waals surface area contributed by atoms with E-state index in [4.69, 9.17) is 6.85 Å². The van der Waals surface area contributed by atoms with Crippen LogP contribution >= 0.6 is 0 Å². The lowest BCUT2D eigenvalue weighted by Gasteiger charge is -2.41. The van der Waals surface area contributed by atoms with Crippen molar-refractivity contribution in [2.75, 3.05) is 20.5 Å². The predicted octanol–water partition coefficient (Wildman–Crippen LogP) is 2.52. The summed E-state index contributed by atoms with van der Waals surface area (Å²) >= 11 is 0. The highest BCUT2D eigenvalue weighted by Gasteiger charge is 2.38. The molecule has 112 valence electrons. The summed E-state index contributed by atoms with van der Waals surface area (Å²) in [5.74, 6) is -1.00. The summed E-state index contributed by atoms with van der Waals surface area (Å²) in [5.41, 5.74) is -0.0762. The Hall–Kier alpha value is -0.900. The lowest BCUT2D eigenvalue weighted by atomic mass is 9.72. The van der Waals surface area contributed by atoms with Gasteiger partial charge in [-0.1, -0.05) is 43.5 Å². The van der Waals surface area contributed by atoms with Crippen molar-refractivity contribution in [1.29, 1.82) is 0 Å². The van der Waals surface area contributed by atoms with Crippen molar-refractivity contribution in [1.82, 2.24) is 4.90 Å². The largest absolute Gasteiger partial charge is 0.392 e. The summed E-state index contributed by atoms with van der Waals surface area (Å²) < 4.78 is 39.9. The Morgan fingerprint density at radius 1 is 1.30 bits per heavy atom. The Morgan fingerprint density at radius 3 is 2.50 bits per heavy atom. The average Bonchev–Trinajstić information content (AvgIpc) is 2.54. The Bertz CT molecular complexity index is 567. The van der Waals surface area contributed by atoms with Gasteiger partial charge in [0.05, 0.1) is 12.2 Å². The van der Waals surface area contributed by atoms with Crippen LogP contribution < -0.4 is 0 Å². The molecule has 3 heteroatoms. The van der Waals surface area contributed by atoms with Crippen LogP contribution in [0.15, 0.2) is 24.3 Å². The van der Waals surface area contributed by atoms with Crippen molar-refractivity contribution < 1.29 is 17.1 Å². The molecule has 1 atom stereocenters. The van der Waals surface area contributed by atoms with E-state index in [1.165, 1.54) is 7.05 Å². The second-order valence-electron chi connectivity index (χ2n) is 5.69. The van der Waals surface area contributed by atoms with Gasteiger partial charge in [-0.2, -0.15) is 0 Å². The van der Waals surface area contributed by atoms with Gasteiger partial charge < -0.3 is 15.1 Å². The number of rotatable bonds is 5. The van der Waals surface area contributed by atoms with Crippen LogP contribution in [0, 0.1) is 0 Å². The fraction of sp³-hybridized carbons (Fsp3) is 0.647. The molecule has 0 amide bonds. The molecule has 1 aromatic carbocycles. The summed E-state index contributed by atoms with van der Waals surface area (Å²) in [6.07, 6.45) is 3.43. The predicted molar refractivity (Wildman–Crippen MR) is 81.7 cm³/mol. The van der Waals surface area contributed by atoms with Gasteiger partial charge >= 0.3 is 0 Å². The molecule has 1 unspecified atom stereocenters.